The first-order valence-electron chi connectivity index (χ1n) is 11.3. The van der Waals surface area contributed by atoms with Gasteiger partial charge in [0.25, 0.3) is 0 Å². The lowest BCUT2D eigenvalue weighted by molar-refractivity contribution is -0.0388. The van der Waals surface area contributed by atoms with Gasteiger partial charge < -0.3 is 0 Å². The summed E-state index contributed by atoms with van der Waals surface area (Å²) in [7, 11) is 0. The van der Waals surface area contributed by atoms with Crippen molar-refractivity contribution in [2.75, 3.05) is 13.1 Å². The molecule has 1 aliphatic carbocycles. The minimum absolute atomic E-state index is 0.0276. The van der Waals surface area contributed by atoms with Gasteiger partial charge in [0, 0.05) is 44.3 Å². The molecule has 31 heavy (non-hydrogen) atoms. The van der Waals surface area contributed by atoms with Crippen LogP contribution in [0.1, 0.15) is 67.3 Å². The van der Waals surface area contributed by atoms with Gasteiger partial charge >= 0.3 is 0 Å². The van der Waals surface area contributed by atoms with Crippen LogP contribution in [0.25, 0.3) is 5.52 Å². The van der Waals surface area contributed by atoms with E-state index >= 15 is 0 Å². The van der Waals surface area contributed by atoms with Gasteiger partial charge in [-0.3, -0.25) is 4.90 Å². The lowest BCUT2D eigenvalue weighted by atomic mass is 9.86. The number of hydrogen-bond acceptors (Lipinski definition) is 4. The SMILES string of the molecule is Cc1nc(C2CN(Cc3ccccc3)CC2C)nn2c(C3CCC(F)(F)CC3)ncc12. The molecule has 2 atom stereocenters. The van der Waals surface area contributed by atoms with E-state index in [0.717, 1.165) is 42.5 Å². The molecule has 3 heterocycles. The summed E-state index contributed by atoms with van der Waals surface area (Å²) in [4.78, 5) is 11.9. The second-order valence-corrected chi connectivity index (χ2v) is 9.36. The van der Waals surface area contributed by atoms with Gasteiger partial charge in [0.15, 0.2) is 5.82 Å². The Morgan fingerprint density at radius 2 is 1.84 bits per heavy atom. The summed E-state index contributed by atoms with van der Waals surface area (Å²) in [5.41, 5.74) is 3.09. The van der Waals surface area contributed by atoms with Crippen molar-refractivity contribution in [2.45, 2.75) is 63.8 Å². The van der Waals surface area contributed by atoms with E-state index < -0.39 is 5.92 Å². The highest BCUT2D eigenvalue weighted by Gasteiger charge is 2.37. The monoisotopic (exact) mass is 425 g/mol. The smallest absolute Gasteiger partial charge is 0.248 e. The second kappa shape index (κ2) is 7.93. The van der Waals surface area contributed by atoms with Gasteiger partial charge in [-0.2, -0.15) is 5.10 Å². The van der Waals surface area contributed by atoms with Crippen LogP contribution in [-0.2, 0) is 6.54 Å². The molecule has 0 bridgehead atoms. The topological polar surface area (TPSA) is 46.3 Å². The highest BCUT2D eigenvalue weighted by Crippen LogP contribution is 2.40. The third-order valence-corrected chi connectivity index (χ3v) is 6.97. The highest BCUT2D eigenvalue weighted by molar-refractivity contribution is 5.49. The van der Waals surface area contributed by atoms with E-state index in [1.807, 2.05) is 17.5 Å². The lowest BCUT2D eigenvalue weighted by Crippen LogP contribution is -2.25. The molecule has 5 nitrogen and oxygen atoms in total. The number of halogens is 2. The van der Waals surface area contributed by atoms with Crippen molar-refractivity contribution in [1.29, 1.82) is 0 Å². The zero-order valence-electron chi connectivity index (χ0n) is 18.1. The number of nitrogens with zero attached hydrogens (tertiary/aromatic N) is 5. The summed E-state index contributed by atoms with van der Waals surface area (Å²) in [5, 5.41) is 4.91. The second-order valence-electron chi connectivity index (χ2n) is 9.36. The molecule has 3 aromatic rings. The molecule has 5 rings (SSSR count). The zero-order valence-corrected chi connectivity index (χ0v) is 18.1. The van der Waals surface area contributed by atoms with E-state index in [1.54, 1.807) is 6.20 Å². The minimum Gasteiger partial charge on any atom is -0.298 e. The Hall–Kier alpha value is -2.41. The molecular formula is C24H29F2N5. The molecule has 2 fully saturated rings. The van der Waals surface area contributed by atoms with Crippen LogP contribution in [-0.4, -0.2) is 43.5 Å². The summed E-state index contributed by atoms with van der Waals surface area (Å²) in [6.07, 6.45) is 2.56. The summed E-state index contributed by atoms with van der Waals surface area (Å²) in [6.45, 7) is 7.10. The number of hydrogen-bond donors (Lipinski definition) is 0. The number of likely N-dealkylation sites (tertiary alicyclic amines) is 1. The lowest BCUT2D eigenvalue weighted by Gasteiger charge is -2.27. The van der Waals surface area contributed by atoms with E-state index in [0.29, 0.717) is 18.8 Å². The van der Waals surface area contributed by atoms with Crippen molar-refractivity contribution in [1.82, 2.24) is 24.5 Å². The summed E-state index contributed by atoms with van der Waals surface area (Å²) in [5.74, 6) is -0.169. The average molecular weight is 426 g/mol. The molecule has 0 spiro atoms. The van der Waals surface area contributed by atoms with Crippen LogP contribution in [0.4, 0.5) is 8.78 Å². The summed E-state index contributed by atoms with van der Waals surface area (Å²) in [6, 6.07) is 10.5. The van der Waals surface area contributed by atoms with Crippen LogP contribution < -0.4 is 0 Å². The Morgan fingerprint density at radius 3 is 2.58 bits per heavy atom. The van der Waals surface area contributed by atoms with Crippen molar-refractivity contribution in [3.05, 3.63) is 59.4 Å². The molecule has 1 aliphatic heterocycles. The Kier molecular flexibility index (Phi) is 5.24. The molecule has 1 saturated carbocycles. The fourth-order valence-corrected chi connectivity index (χ4v) is 5.17. The van der Waals surface area contributed by atoms with E-state index in [4.69, 9.17) is 10.1 Å². The highest BCUT2D eigenvalue weighted by atomic mass is 19.3. The largest absolute Gasteiger partial charge is 0.298 e. The number of rotatable bonds is 4. The molecule has 7 heteroatoms. The number of imidazole rings is 1. The number of aromatic nitrogens is 4. The number of aryl methyl sites for hydroxylation is 1. The standard InChI is InChI=1S/C24H29F2N5/c1-16-13-30(14-18-6-4-3-5-7-18)15-20(16)22-28-17(2)21-12-27-23(31(21)29-22)19-8-10-24(25,26)11-9-19/h3-7,12,16,19-20H,8-11,13-15H2,1-2H3. The maximum atomic E-state index is 13.6. The minimum atomic E-state index is -2.54. The van der Waals surface area contributed by atoms with Crippen molar-refractivity contribution in [2.24, 2.45) is 5.92 Å². The van der Waals surface area contributed by atoms with Crippen LogP contribution in [0.2, 0.25) is 0 Å². The molecule has 164 valence electrons. The summed E-state index contributed by atoms with van der Waals surface area (Å²) < 4.78 is 29.2. The van der Waals surface area contributed by atoms with Crippen LogP contribution in [0.3, 0.4) is 0 Å². The van der Waals surface area contributed by atoms with Crippen LogP contribution in [0.15, 0.2) is 36.5 Å². The van der Waals surface area contributed by atoms with Crippen molar-refractivity contribution < 1.29 is 8.78 Å². The Bertz CT molecular complexity index is 1050. The van der Waals surface area contributed by atoms with Crippen LogP contribution in [0, 0.1) is 12.8 Å². The van der Waals surface area contributed by atoms with Gasteiger partial charge in [0.2, 0.25) is 5.92 Å². The molecule has 1 aromatic carbocycles. The van der Waals surface area contributed by atoms with Gasteiger partial charge in [0.1, 0.15) is 11.3 Å². The molecular weight excluding hydrogens is 396 g/mol. The zero-order chi connectivity index (χ0) is 21.6. The van der Waals surface area contributed by atoms with E-state index in [2.05, 4.69) is 41.1 Å². The predicted octanol–water partition coefficient (Wildman–Crippen LogP) is 4.96. The fraction of sp³-hybridized carbons (Fsp3) is 0.542. The van der Waals surface area contributed by atoms with Crippen LogP contribution in [0.5, 0.6) is 0 Å². The first-order valence-corrected chi connectivity index (χ1v) is 11.3. The Labute approximate surface area is 181 Å². The quantitative estimate of drug-likeness (QED) is 0.593. The molecule has 1 saturated heterocycles. The van der Waals surface area contributed by atoms with Crippen molar-refractivity contribution in [3.63, 3.8) is 0 Å². The molecule has 2 aliphatic rings. The number of fused-ring (bicyclic) bond motifs is 1. The van der Waals surface area contributed by atoms with E-state index in [-0.39, 0.29) is 24.7 Å². The molecule has 2 aromatic heterocycles. The predicted molar refractivity (Wildman–Crippen MR) is 115 cm³/mol. The normalized spacial score (nSPS) is 24.8. The van der Waals surface area contributed by atoms with E-state index in [9.17, 15) is 8.78 Å². The first-order chi connectivity index (χ1) is 14.9. The van der Waals surface area contributed by atoms with Gasteiger partial charge in [-0.25, -0.2) is 23.3 Å². The first kappa shape index (κ1) is 20.5. The summed E-state index contributed by atoms with van der Waals surface area (Å²) >= 11 is 0. The van der Waals surface area contributed by atoms with Crippen molar-refractivity contribution >= 4 is 5.52 Å². The molecule has 0 N–H and O–H groups in total. The molecule has 0 amide bonds. The molecule has 2 unspecified atom stereocenters. The van der Waals surface area contributed by atoms with Gasteiger partial charge in [-0.05, 0) is 31.2 Å². The Morgan fingerprint density at radius 1 is 1.10 bits per heavy atom. The third kappa shape index (κ3) is 4.07. The molecule has 0 radical (unpaired) electrons. The van der Waals surface area contributed by atoms with Gasteiger partial charge in [0.05, 0.1) is 11.9 Å². The number of alkyl halides is 2. The number of benzene rings is 1. The van der Waals surface area contributed by atoms with Gasteiger partial charge in [-0.1, -0.05) is 37.3 Å². The van der Waals surface area contributed by atoms with Crippen molar-refractivity contribution in [3.8, 4) is 0 Å². The maximum absolute atomic E-state index is 13.6. The van der Waals surface area contributed by atoms with E-state index in [1.165, 1.54) is 5.56 Å². The van der Waals surface area contributed by atoms with Crippen LogP contribution >= 0.6 is 0 Å². The Balaban J connectivity index is 1.40. The maximum Gasteiger partial charge on any atom is 0.248 e. The fourth-order valence-electron chi connectivity index (χ4n) is 5.17. The average Bonchev–Trinajstić information content (AvgIpc) is 3.32. The van der Waals surface area contributed by atoms with Gasteiger partial charge in [-0.15, -0.1) is 0 Å². The third-order valence-electron chi connectivity index (χ3n) is 6.97.